The molecule has 190 valence electrons. The number of rotatable bonds is 8. The molecule has 0 saturated heterocycles. The summed E-state index contributed by atoms with van der Waals surface area (Å²) in [6.45, 7) is 6.72. The maximum Gasteiger partial charge on any atom is 0.425 e. The highest BCUT2D eigenvalue weighted by atomic mass is 19.4. The zero-order valence-electron chi connectivity index (χ0n) is 19.6. The predicted molar refractivity (Wildman–Crippen MR) is 116 cm³/mol. The van der Waals surface area contributed by atoms with Crippen molar-refractivity contribution in [2.45, 2.75) is 71.3 Å². The molecular formula is C24H30F6N2O2. The third-order valence-electron chi connectivity index (χ3n) is 5.63. The van der Waals surface area contributed by atoms with E-state index in [0.29, 0.717) is 5.56 Å². The third kappa shape index (κ3) is 6.13. The van der Waals surface area contributed by atoms with Gasteiger partial charge in [-0.25, -0.2) is 0 Å². The summed E-state index contributed by atoms with van der Waals surface area (Å²) in [5.41, 5.74) is -6.99. The van der Waals surface area contributed by atoms with E-state index in [2.05, 4.69) is 5.32 Å². The molecule has 0 saturated carbocycles. The van der Waals surface area contributed by atoms with E-state index in [0.717, 1.165) is 0 Å². The van der Waals surface area contributed by atoms with Crippen LogP contribution in [0.2, 0.25) is 0 Å². The fourth-order valence-corrected chi connectivity index (χ4v) is 4.06. The van der Waals surface area contributed by atoms with Gasteiger partial charge >= 0.3 is 12.4 Å². The normalized spacial score (nSPS) is 17.2. The van der Waals surface area contributed by atoms with Crippen LogP contribution in [0.3, 0.4) is 0 Å². The number of allylic oxidation sites excluding steroid dienone is 1. The van der Waals surface area contributed by atoms with Crippen LogP contribution in [0.25, 0.3) is 0 Å². The Hall–Kier alpha value is -2.52. The summed E-state index contributed by atoms with van der Waals surface area (Å²) in [6, 6.07) is 8.19. The molecule has 0 spiro atoms. The molecule has 0 radical (unpaired) electrons. The first-order valence-electron chi connectivity index (χ1n) is 11.0. The zero-order valence-corrected chi connectivity index (χ0v) is 19.6. The Kier molecular flexibility index (Phi) is 8.15. The van der Waals surface area contributed by atoms with E-state index in [1.165, 1.54) is 5.32 Å². The molecule has 1 aromatic carbocycles. The first-order chi connectivity index (χ1) is 15.5. The molecule has 0 heterocycles. The van der Waals surface area contributed by atoms with Crippen molar-refractivity contribution in [3.8, 4) is 0 Å². The van der Waals surface area contributed by atoms with Gasteiger partial charge in [0.1, 0.15) is 0 Å². The van der Waals surface area contributed by atoms with Gasteiger partial charge in [-0.3, -0.25) is 9.59 Å². The minimum absolute atomic E-state index is 0.0586. The monoisotopic (exact) mass is 492 g/mol. The van der Waals surface area contributed by atoms with Crippen molar-refractivity contribution in [2.24, 2.45) is 11.3 Å². The molecule has 1 amide bonds. The van der Waals surface area contributed by atoms with Crippen molar-refractivity contribution < 1.29 is 35.9 Å². The molecule has 0 bridgehead atoms. The second-order valence-corrected chi connectivity index (χ2v) is 9.85. The average molecular weight is 493 g/mol. The molecule has 0 fully saturated rings. The van der Waals surface area contributed by atoms with E-state index in [-0.39, 0.29) is 25.3 Å². The number of ketones is 1. The third-order valence-corrected chi connectivity index (χ3v) is 5.63. The Morgan fingerprint density at radius 1 is 1.00 bits per heavy atom. The molecule has 4 nitrogen and oxygen atoms in total. The number of Topliss-reactive ketones (excluding diaryl/α,β-unsaturated/α-hetero) is 1. The van der Waals surface area contributed by atoms with Gasteiger partial charge in [0.05, 0.1) is 5.57 Å². The van der Waals surface area contributed by atoms with Gasteiger partial charge in [0.25, 0.3) is 5.54 Å². The number of alkyl halides is 6. The highest BCUT2D eigenvalue weighted by molar-refractivity contribution is 6.01. The van der Waals surface area contributed by atoms with E-state index >= 15 is 0 Å². The van der Waals surface area contributed by atoms with Gasteiger partial charge in [-0.05, 0) is 29.7 Å². The molecule has 1 aromatic rings. The average Bonchev–Trinajstić information content (AvgIpc) is 2.67. The van der Waals surface area contributed by atoms with Crippen LogP contribution in [-0.4, -0.2) is 36.1 Å². The molecule has 34 heavy (non-hydrogen) atoms. The van der Waals surface area contributed by atoms with Gasteiger partial charge in [-0.2, -0.15) is 26.3 Å². The van der Waals surface area contributed by atoms with Crippen LogP contribution in [0.1, 0.15) is 52.5 Å². The minimum Gasteiger partial charge on any atom is -0.388 e. The Labute approximate surface area is 195 Å². The van der Waals surface area contributed by atoms with Gasteiger partial charge in [0, 0.05) is 25.1 Å². The topological polar surface area (TPSA) is 58.2 Å². The van der Waals surface area contributed by atoms with Gasteiger partial charge in [0.2, 0.25) is 5.91 Å². The number of carbonyl (C=O) groups is 2. The summed E-state index contributed by atoms with van der Waals surface area (Å²) >= 11 is 0. The van der Waals surface area contributed by atoms with Gasteiger partial charge in [-0.15, -0.1) is 0 Å². The molecular weight excluding hydrogens is 462 g/mol. The number of hydrogen-bond donors (Lipinski definition) is 2. The second kappa shape index (κ2) is 10.00. The summed E-state index contributed by atoms with van der Waals surface area (Å²) in [7, 11) is 0. The SMILES string of the molecule is CC(C)CNC1=C(C(NC(=O)CCc2ccccc2)(C(F)(F)F)C(F)(F)F)C(=O)CC(C)(C)C1. The zero-order chi connectivity index (χ0) is 25.9. The lowest BCUT2D eigenvalue weighted by Gasteiger charge is -2.44. The van der Waals surface area contributed by atoms with Crippen LogP contribution in [0, 0.1) is 11.3 Å². The Morgan fingerprint density at radius 3 is 2.06 bits per heavy atom. The predicted octanol–water partition coefficient (Wildman–Crippen LogP) is 5.49. The highest BCUT2D eigenvalue weighted by Gasteiger charge is 2.75. The quantitative estimate of drug-likeness (QED) is 0.472. The second-order valence-electron chi connectivity index (χ2n) is 9.85. The van der Waals surface area contributed by atoms with E-state index in [4.69, 9.17) is 0 Å². The molecule has 0 atom stereocenters. The number of benzene rings is 1. The van der Waals surface area contributed by atoms with Crippen LogP contribution in [0.15, 0.2) is 41.6 Å². The molecule has 10 heteroatoms. The summed E-state index contributed by atoms with van der Waals surface area (Å²) in [4.78, 5) is 25.4. The Morgan fingerprint density at radius 2 is 1.56 bits per heavy atom. The molecule has 2 N–H and O–H groups in total. The first-order valence-corrected chi connectivity index (χ1v) is 11.0. The summed E-state index contributed by atoms with van der Waals surface area (Å²) in [6.07, 6.45) is -13.4. The molecule has 0 aliphatic heterocycles. The number of nitrogens with one attached hydrogen (secondary N) is 2. The number of hydrogen-bond acceptors (Lipinski definition) is 3. The standard InChI is InChI=1S/C24H30F6N2O2/c1-15(2)14-31-17-12-21(3,4)13-18(33)20(17)22(23(25,26)27,24(28,29)30)32-19(34)11-10-16-8-6-5-7-9-16/h5-9,15,31H,10-14H2,1-4H3,(H,32,34). The van der Waals surface area contributed by atoms with E-state index in [1.54, 1.807) is 58.0 Å². The molecule has 0 aromatic heterocycles. The smallest absolute Gasteiger partial charge is 0.388 e. The summed E-state index contributed by atoms with van der Waals surface area (Å²) < 4.78 is 86.2. The lowest BCUT2D eigenvalue weighted by Crippen LogP contribution is -2.70. The number of amides is 1. The Bertz CT molecular complexity index is 904. The summed E-state index contributed by atoms with van der Waals surface area (Å²) in [5.74, 6) is -2.85. The van der Waals surface area contributed by atoms with Crippen molar-refractivity contribution in [2.75, 3.05) is 6.54 Å². The van der Waals surface area contributed by atoms with Crippen LogP contribution >= 0.6 is 0 Å². The Balaban J connectivity index is 2.61. The van der Waals surface area contributed by atoms with Crippen LogP contribution in [0.4, 0.5) is 26.3 Å². The van der Waals surface area contributed by atoms with Crippen molar-refractivity contribution in [3.05, 3.63) is 47.2 Å². The van der Waals surface area contributed by atoms with E-state index in [9.17, 15) is 35.9 Å². The first kappa shape index (κ1) is 27.7. The van der Waals surface area contributed by atoms with Crippen molar-refractivity contribution in [1.82, 2.24) is 10.6 Å². The minimum atomic E-state index is -6.01. The van der Waals surface area contributed by atoms with Crippen molar-refractivity contribution in [3.63, 3.8) is 0 Å². The van der Waals surface area contributed by atoms with E-state index in [1.807, 2.05) is 0 Å². The van der Waals surface area contributed by atoms with Gasteiger partial charge in [-0.1, -0.05) is 58.0 Å². The van der Waals surface area contributed by atoms with Crippen LogP contribution in [0.5, 0.6) is 0 Å². The van der Waals surface area contributed by atoms with Crippen molar-refractivity contribution in [1.29, 1.82) is 0 Å². The number of halogens is 6. The van der Waals surface area contributed by atoms with E-state index < -0.39 is 59.1 Å². The van der Waals surface area contributed by atoms with Gasteiger partial charge < -0.3 is 10.6 Å². The molecule has 0 unspecified atom stereocenters. The molecule has 1 aliphatic carbocycles. The molecule has 2 rings (SSSR count). The van der Waals surface area contributed by atoms with Crippen LogP contribution < -0.4 is 10.6 Å². The van der Waals surface area contributed by atoms with Gasteiger partial charge in [0.15, 0.2) is 5.78 Å². The lowest BCUT2D eigenvalue weighted by molar-refractivity contribution is -0.292. The summed E-state index contributed by atoms with van der Waals surface area (Å²) in [5, 5.41) is 3.86. The van der Waals surface area contributed by atoms with Crippen LogP contribution in [-0.2, 0) is 16.0 Å². The highest BCUT2D eigenvalue weighted by Crippen LogP contribution is 2.52. The maximum absolute atomic E-state index is 14.4. The maximum atomic E-state index is 14.4. The number of aryl methyl sites for hydroxylation is 1. The lowest BCUT2D eigenvalue weighted by atomic mass is 9.70. The van der Waals surface area contributed by atoms with Crippen molar-refractivity contribution >= 4 is 11.7 Å². The largest absolute Gasteiger partial charge is 0.425 e. The fraction of sp³-hybridized carbons (Fsp3) is 0.583. The number of carbonyl (C=O) groups excluding carboxylic acids is 2. The molecule has 1 aliphatic rings. The fourth-order valence-electron chi connectivity index (χ4n) is 4.06.